The summed E-state index contributed by atoms with van der Waals surface area (Å²) in [5, 5.41) is 12.5. The minimum absolute atomic E-state index is 0.0665. The number of aliphatic hydroxyl groups excluding tert-OH is 1. The van der Waals surface area contributed by atoms with Crippen molar-refractivity contribution in [3.05, 3.63) is 94.6 Å². The van der Waals surface area contributed by atoms with E-state index in [4.69, 9.17) is 21.1 Å². The molecule has 8 heteroatoms. The van der Waals surface area contributed by atoms with Crippen LogP contribution in [0.1, 0.15) is 17.2 Å². The van der Waals surface area contributed by atoms with Crippen molar-refractivity contribution in [3.8, 4) is 11.5 Å². The van der Waals surface area contributed by atoms with Crippen molar-refractivity contribution in [2.45, 2.75) is 6.04 Å². The van der Waals surface area contributed by atoms with Gasteiger partial charge in [-0.3, -0.25) is 14.5 Å². The SMILES string of the molecule is COc1cc(OC)c(/C(O)=C2\C(=O)C(=O)N(c3ccccc3)C2c2c[nH]c3ccccc23)cc1Cl. The number of ether oxygens (including phenoxy) is 2. The standard InChI is InChI=1S/C27H21ClN2O5/c1-34-21-13-22(35-2)19(28)12-17(21)25(31)23-24(18-14-29-20-11-7-6-10-16(18)20)30(27(33)26(23)32)15-8-4-3-5-9-15/h3-14,24,29,31H,1-2H3/b25-23+. The molecule has 1 aliphatic rings. The van der Waals surface area contributed by atoms with Crippen LogP contribution >= 0.6 is 11.6 Å². The number of rotatable bonds is 5. The number of aliphatic hydroxyl groups is 1. The molecule has 1 fully saturated rings. The maximum absolute atomic E-state index is 13.4. The van der Waals surface area contributed by atoms with Gasteiger partial charge in [0.05, 0.1) is 36.4 Å². The van der Waals surface area contributed by atoms with E-state index in [-0.39, 0.29) is 21.9 Å². The fourth-order valence-corrected chi connectivity index (χ4v) is 4.73. The Balaban J connectivity index is 1.80. The molecule has 35 heavy (non-hydrogen) atoms. The summed E-state index contributed by atoms with van der Waals surface area (Å²) >= 11 is 6.33. The topological polar surface area (TPSA) is 91.9 Å². The van der Waals surface area contributed by atoms with E-state index in [0.717, 1.165) is 10.9 Å². The van der Waals surface area contributed by atoms with Gasteiger partial charge in [-0.15, -0.1) is 0 Å². The predicted octanol–water partition coefficient (Wildman–Crippen LogP) is 5.46. The molecule has 2 N–H and O–H groups in total. The first-order valence-corrected chi connectivity index (χ1v) is 11.2. The number of aromatic nitrogens is 1. The number of nitrogens with zero attached hydrogens (tertiary/aromatic N) is 1. The molecular weight excluding hydrogens is 468 g/mol. The van der Waals surface area contributed by atoms with E-state index in [2.05, 4.69) is 4.98 Å². The van der Waals surface area contributed by atoms with Crippen molar-refractivity contribution in [1.29, 1.82) is 0 Å². The molecular formula is C27H21ClN2O5. The molecule has 4 aromatic rings. The lowest BCUT2D eigenvalue weighted by atomic mass is 9.94. The number of nitrogens with one attached hydrogen (secondary N) is 1. The van der Waals surface area contributed by atoms with Gasteiger partial charge in [0.25, 0.3) is 11.7 Å². The zero-order chi connectivity index (χ0) is 24.7. The Bertz CT molecular complexity index is 1490. The Kier molecular flexibility index (Phi) is 5.70. The quantitative estimate of drug-likeness (QED) is 0.221. The number of para-hydroxylation sites is 2. The van der Waals surface area contributed by atoms with Gasteiger partial charge in [0.1, 0.15) is 17.3 Å². The number of benzene rings is 3. The number of anilines is 1. The van der Waals surface area contributed by atoms with Gasteiger partial charge in [-0.25, -0.2) is 0 Å². The molecule has 176 valence electrons. The zero-order valence-corrected chi connectivity index (χ0v) is 19.7. The fourth-order valence-electron chi connectivity index (χ4n) is 4.49. The number of H-pyrrole nitrogens is 1. The van der Waals surface area contributed by atoms with Gasteiger partial charge in [-0.2, -0.15) is 0 Å². The summed E-state index contributed by atoms with van der Waals surface area (Å²) < 4.78 is 10.7. The number of halogens is 1. The Labute approximate surface area is 206 Å². The van der Waals surface area contributed by atoms with Crippen LogP contribution in [-0.2, 0) is 9.59 Å². The largest absolute Gasteiger partial charge is 0.507 e. The molecule has 0 spiro atoms. The third-order valence-corrected chi connectivity index (χ3v) is 6.42. The third kappa shape index (κ3) is 3.61. The summed E-state index contributed by atoms with van der Waals surface area (Å²) in [5.41, 5.74) is 2.15. The van der Waals surface area contributed by atoms with Gasteiger partial charge >= 0.3 is 0 Å². The van der Waals surface area contributed by atoms with Crippen molar-refractivity contribution in [1.82, 2.24) is 4.98 Å². The Morgan fingerprint density at radius 2 is 1.66 bits per heavy atom. The van der Waals surface area contributed by atoms with Crippen molar-refractivity contribution in [2.75, 3.05) is 19.1 Å². The summed E-state index contributed by atoms with van der Waals surface area (Å²) in [6, 6.07) is 18.5. The highest BCUT2D eigenvalue weighted by Gasteiger charge is 2.48. The summed E-state index contributed by atoms with van der Waals surface area (Å²) in [4.78, 5) is 31.4. The lowest BCUT2D eigenvalue weighted by Gasteiger charge is -2.25. The van der Waals surface area contributed by atoms with E-state index in [9.17, 15) is 14.7 Å². The lowest BCUT2D eigenvalue weighted by Crippen LogP contribution is -2.29. The first-order valence-electron chi connectivity index (χ1n) is 10.8. The van der Waals surface area contributed by atoms with Gasteiger partial charge in [0.2, 0.25) is 0 Å². The Morgan fingerprint density at radius 3 is 2.37 bits per heavy atom. The maximum atomic E-state index is 13.4. The average molecular weight is 489 g/mol. The number of carbonyl (C=O) groups excluding carboxylic acids is 2. The number of ketones is 1. The van der Waals surface area contributed by atoms with E-state index in [0.29, 0.717) is 17.0 Å². The molecule has 1 amide bonds. The monoisotopic (exact) mass is 488 g/mol. The molecule has 0 aliphatic carbocycles. The van der Waals surface area contributed by atoms with E-state index in [1.165, 1.54) is 31.3 Å². The number of hydrogen-bond acceptors (Lipinski definition) is 5. The number of hydrogen-bond donors (Lipinski definition) is 2. The van der Waals surface area contributed by atoms with Gasteiger partial charge in [0, 0.05) is 34.4 Å². The second-order valence-electron chi connectivity index (χ2n) is 7.98. The summed E-state index contributed by atoms with van der Waals surface area (Å²) in [5.74, 6) is -1.36. The molecule has 1 saturated heterocycles. The second kappa shape index (κ2) is 8.85. The molecule has 0 saturated carbocycles. The Hall–Kier alpha value is -4.23. The predicted molar refractivity (Wildman–Crippen MR) is 134 cm³/mol. The Morgan fingerprint density at radius 1 is 0.971 bits per heavy atom. The number of methoxy groups -OCH3 is 2. The van der Waals surface area contributed by atoms with E-state index in [1.54, 1.807) is 30.5 Å². The molecule has 1 aromatic heterocycles. The molecule has 0 radical (unpaired) electrons. The minimum atomic E-state index is -0.890. The summed E-state index contributed by atoms with van der Waals surface area (Å²) in [6.07, 6.45) is 1.75. The van der Waals surface area contributed by atoms with Crippen LogP contribution in [0.3, 0.4) is 0 Å². The summed E-state index contributed by atoms with van der Waals surface area (Å²) in [6.45, 7) is 0. The maximum Gasteiger partial charge on any atom is 0.300 e. The normalized spacial score (nSPS) is 17.2. The highest BCUT2D eigenvalue weighted by Crippen LogP contribution is 2.46. The average Bonchev–Trinajstić information content (AvgIpc) is 3.42. The first kappa shape index (κ1) is 22.6. The van der Waals surface area contributed by atoms with Crippen LogP contribution in [0.4, 0.5) is 5.69 Å². The van der Waals surface area contributed by atoms with Gasteiger partial charge < -0.3 is 19.6 Å². The molecule has 5 rings (SSSR count). The van der Waals surface area contributed by atoms with Crippen molar-refractivity contribution in [2.24, 2.45) is 0 Å². The molecule has 1 unspecified atom stereocenters. The number of fused-ring (bicyclic) bond motifs is 1. The second-order valence-corrected chi connectivity index (χ2v) is 8.39. The first-order chi connectivity index (χ1) is 17.0. The van der Waals surface area contributed by atoms with Crippen LogP contribution in [0.2, 0.25) is 5.02 Å². The van der Waals surface area contributed by atoms with Gasteiger partial charge in [0.15, 0.2) is 0 Å². The molecule has 2 heterocycles. The van der Waals surface area contributed by atoms with Gasteiger partial charge in [-0.1, -0.05) is 48.0 Å². The third-order valence-electron chi connectivity index (χ3n) is 6.12. The zero-order valence-electron chi connectivity index (χ0n) is 18.9. The highest BCUT2D eigenvalue weighted by molar-refractivity contribution is 6.52. The number of amides is 1. The summed E-state index contributed by atoms with van der Waals surface area (Å²) in [7, 11) is 2.89. The van der Waals surface area contributed by atoms with Crippen molar-refractivity contribution in [3.63, 3.8) is 0 Å². The number of Topliss-reactive ketones (excluding diaryl/α,β-unsaturated/α-hetero) is 1. The van der Waals surface area contributed by atoms with Crippen molar-refractivity contribution < 1.29 is 24.2 Å². The fraction of sp³-hybridized carbons (Fsp3) is 0.111. The molecule has 0 bridgehead atoms. The molecule has 1 aliphatic heterocycles. The lowest BCUT2D eigenvalue weighted by molar-refractivity contribution is -0.132. The molecule has 7 nitrogen and oxygen atoms in total. The van der Waals surface area contributed by atoms with Gasteiger partial charge in [-0.05, 0) is 24.3 Å². The molecule has 1 atom stereocenters. The van der Waals surface area contributed by atoms with Crippen LogP contribution in [0, 0.1) is 0 Å². The smallest absolute Gasteiger partial charge is 0.300 e. The van der Waals surface area contributed by atoms with E-state index >= 15 is 0 Å². The number of aromatic amines is 1. The molecule has 3 aromatic carbocycles. The van der Waals surface area contributed by atoms with E-state index < -0.39 is 23.5 Å². The van der Waals surface area contributed by atoms with Crippen LogP contribution in [0.5, 0.6) is 11.5 Å². The van der Waals surface area contributed by atoms with Crippen LogP contribution in [0.25, 0.3) is 16.7 Å². The van der Waals surface area contributed by atoms with Crippen molar-refractivity contribution >= 4 is 45.6 Å². The van der Waals surface area contributed by atoms with Crippen LogP contribution in [0.15, 0.2) is 78.5 Å². The van der Waals surface area contributed by atoms with Crippen LogP contribution < -0.4 is 14.4 Å². The number of carbonyl (C=O) groups is 2. The van der Waals surface area contributed by atoms with E-state index in [1.807, 2.05) is 30.3 Å². The van der Waals surface area contributed by atoms with Crippen LogP contribution in [-0.4, -0.2) is 36.0 Å². The highest BCUT2D eigenvalue weighted by atomic mass is 35.5. The minimum Gasteiger partial charge on any atom is -0.507 e.